The third-order valence-corrected chi connectivity index (χ3v) is 3.43. The van der Waals surface area contributed by atoms with E-state index in [1.54, 1.807) is 24.5 Å². The van der Waals surface area contributed by atoms with Crippen molar-refractivity contribution in [1.82, 2.24) is 10.3 Å². The van der Waals surface area contributed by atoms with Gasteiger partial charge in [0.2, 0.25) is 0 Å². The lowest BCUT2D eigenvalue weighted by molar-refractivity contribution is -0.142. The van der Waals surface area contributed by atoms with E-state index in [9.17, 15) is 4.79 Å². The summed E-state index contributed by atoms with van der Waals surface area (Å²) in [5, 5.41) is 15.0. The summed E-state index contributed by atoms with van der Waals surface area (Å²) in [7, 11) is 0. The molecule has 0 fully saturated rings. The van der Waals surface area contributed by atoms with Gasteiger partial charge in [-0.15, -0.1) is 11.3 Å². The predicted octanol–water partition coefficient (Wildman–Crippen LogP) is 1.90. The molecule has 0 saturated heterocycles. The SMILES string of the molecule is CC(NC(C)C(C)C(=O)O)c1nccs1. The van der Waals surface area contributed by atoms with Crippen molar-refractivity contribution in [1.29, 1.82) is 0 Å². The van der Waals surface area contributed by atoms with Crippen LogP contribution in [0.25, 0.3) is 0 Å². The molecule has 2 N–H and O–H groups in total. The maximum Gasteiger partial charge on any atom is 0.307 e. The number of thiazole rings is 1. The number of carboxylic acid groups (broad SMARTS) is 1. The average molecular weight is 228 g/mol. The standard InChI is InChI=1S/C10H16N2O2S/c1-6(10(13)14)7(2)12-8(3)9-11-4-5-15-9/h4-8,12H,1-3H3,(H,13,14). The van der Waals surface area contributed by atoms with Crippen LogP contribution in [0.5, 0.6) is 0 Å². The number of aromatic nitrogens is 1. The fraction of sp³-hybridized carbons (Fsp3) is 0.600. The zero-order valence-corrected chi connectivity index (χ0v) is 9.91. The molecule has 3 unspecified atom stereocenters. The Hall–Kier alpha value is -0.940. The maximum absolute atomic E-state index is 10.8. The predicted molar refractivity (Wildman–Crippen MR) is 59.9 cm³/mol. The van der Waals surface area contributed by atoms with E-state index in [1.165, 1.54) is 0 Å². The third kappa shape index (κ3) is 3.28. The van der Waals surface area contributed by atoms with Crippen LogP contribution in [0.15, 0.2) is 11.6 Å². The molecule has 0 aromatic carbocycles. The molecule has 0 amide bonds. The highest BCUT2D eigenvalue weighted by atomic mass is 32.1. The lowest BCUT2D eigenvalue weighted by atomic mass is 10.0. The number of carboxylic acids is 1. The zero-order chi connectivity index (χ0) is 11.4. The average Bonchev–Trinajstić information content (AvgIpc) is 2.68. The largest absolute Gasteiger partial charge is 0.481 e. The molecule has 0 radical (unpaired) electrons. The van der Waals surface area contributed by atoms with E-state index in [4.69, 9.17) is 5.11 Å². The summed E-state index contributed by atoms with van der Waals surface area (Å²) in [5.74, 6) is -1.17. The fourth-order valence-corrected chi connectivity index (χ4v) is 1.93. The summed E-state index contributed by atoms with van der Waals surface area (Å²) in [4.78, 5) is 14.9. The first kappa shape index (κ1) is 12.1. The highest BCUT2D eigenvalue weighted by molar-refractivity contribution is 7.09. The van der Waals surface area contributed by atoms with E-state index in [2.05, 4.69) is 10.3 Å². The number of nitrogens with zero attached hydrogens (tertiary/aromatic N) is 1. The number of hydrogen-bond donors (Lipinski definition) is 2. The number of nitrogens with one attached hydrogen (secondary N) is 1. The molecule has 0 aliphatic heterocycles. The van der Waals surface area contributed by atoms with E-state index >= 15 is 0 Å². The van der Waals surface area contributed by atoms with Crippen LogP contribution in [0, 0.1) is 5.92 Å². The molecule has 15 heavy (non-hydrogen) atoms. The van der Waals surface area contributed by atoms with Gasteiger partial charge in [0.15, 0.2) is 0 Å². The summed E-state index contributed by atoms with van der Waals surface area (Å²) in [6.45, 7) is 5.57. The molecule has 5 heteroatoms. The van der Waals surface area contributed by atoms with Crippen molar-refractivity contribution in [2.45, 2.75) is 32.9 Å². The third-order valence-electron chi connectivity index (χ3n) is 2.47. The molecule has 1 aromatic rings. The van der Waals surface area contributed by atoms with Crippen LogP contribution >= 0.6 is 11.3 Å². The first-order valence-electron chi connectivity index (χ1n) is 4.90. The topological polar surface area (TPSA) is 62.2 Å². The van der Waals surface area contributed by atoms with E-state index < -0.39 is 11.9 Å². The van der Waals surface area contributed by atoms with Crippen LogP contribution in [-0.4, -0.2) is 22.1 Å². The minimum absolute atomic E-state index is 0.0681. The Morgan fingerprint density at radius 2 is 2.20 bits per heavy atom. The van der Waals surface area contributed by atoms with Crippen molar-refractivity contribution >= 4 is 17.3 Å². The molecule has 3 atom stereocenters. The van der Waals surface area contributed by atoms with Crippen LogP contribution in [-0.2, 0) is 4.79 Å². The Morgan fingerprint density at radius 1 is 1.53 bits per heavy atom. The highest BCUT2D eigenvalue weighted by Gasteiger charge is 2.21. The van der Waals surface area contributed by atoms with E-state index in [0.29, 0.717) is 0 Å². The second-order valence-corrected chi connectivity index (χ2v) is 4.60. The summed E-state index contributed by atoms with van der Waals surface area (Å²) in [6, 6.07) is 0.0307. The summed E-state index contributed by atoms with van der Waals surface area (Å²) < 4.78 is 0. The lowest BCUT2D eigenvalue weighted by Gasteiger charge is -2.21. The van der Waals surface area contributed by atoms with Crippen molar-refractivity contribution in [3.63, 3.8) is 0 Å². The molecule has 0 aliphatic rings. The maximum atomic E-state index is 10.8. The van der Waals surface area contributed by atoms with Gasteiger partial charge in [-0.05, 0) is 13.8 Å². The Balaban J connectivity index is 2.51. The van der Waals surface area contributed by atoms with Gasteiger partial charge in [0.05, 0.1) is 12.0 Å². The second-order valence-electron chi connectivity index (χ2n) is 3.67. The molecule has 0 spiro atoms. The van der Waals surface area contributed by atoms with Gasteiger partial charge < -0.3 is 10.4 Å². The van der Waals surface area contributed by atoms with Crippen molar-refractivity contribution in [3.05, 3.63) is 16.6 Å². The Labute approximate surface area is 93.4 Å². The van der Waals surface area contributed by atoms with Gasteiger partial charge in [-0.2, -0.15) is 0 Å². The normalized spacial score (nSPS) is 17.0. The molecule has 84 valence electrons. The van der Waals surface area contributed by atoms with Crippen LogP contribution in [0.1, 0.15) is 31.8 Å². The summed E-state index contributed by atoms with van der Waals surface area (Å²) in [6.07, 6.45) is 1.75. The van der Waals surface area contributed by atoms with Crippen molar-refractivity contribution < 1.29 is 9.90 Å². The minimum atomic E-state index is -0.777. The van der Waals surface area contributed by atoms with Crippen LogP contribution in [0.2, 0.25) is 0 Å². The minimum Gasteiger partial charge on any atom is -0.481 e. The molecule has 0 bridgehead atoms. The molecule has 4 nitrogen and oxygen atoms in total. The summed E-state index contributed by atoms with van der Waals surface area (Å²) >= 11 is 1.57. The van der Waals surface area contributed by atoms with Gasteiger partial charge in [0.1, 0.15) is 5.01 Å². The van der Waals surface area contributed by atoms with Gasteiger partial charge in [0, 0.05) is 17.6 Å². The molecule has 0 aliphatic carbocycles. The molecule has 1 heterocycles. The van der Waals surface area contributed by atoms with E-state index in [0.717, 1.165) is 5.01 Å². The van der Waals surface area contributed by atoms with Crippen LogP contribution in [0.4, 0.5) is 0 Å². The summed E-state index contributed by atoms with van der Waals surface area (Å²) in [5.41, 5.74) is 0. The van der Waals surface area contributed by atoms with Crippen molar-refractivity contribution in [2.75, 3.05) is 0 Å². The van der Waals surface area contributed by atoms with Gasteiger partial charge in [-0.3, -0.25) is 4.79 Å². The molecule has 1 aromatic heterocycles. The highest BCUT2D eigenvalue weighted by Crippen LogP contribution is 2.16. The smallest absolute Gasteiger partial charge is 0.307 e. The molecule has 1 rings (SSSR count). The second kappa shape index (κ2) is 5.23. The van der Waals surface area contributed by atoms with Crippen molar-refractivity contribution in [2.24, 2.45) is 5.92 Å². The number of rotatable bonds is 5. The molecule has 0 saturated carbocycles. The number of carbonyl (C=O) groups is 1. The van der Waals surface area contributed by atoms with Crippen LogP contribution < -0.4 is 5.32 Å². The van der Waals surface area contributed by atoms with Gasteiger partial charge in [0.25, 0.3) is 0 Å². The Morgan fingerprint density at radius 3 is 2.67 bits per heavy atom. The first-order valence-corrected chi connectivity index (χ1v) is 5.78. The molecular weight excluding hydrogens is 212 g/mol. The Bertz CT molecular complexity index is 313. The van der Waals surface area contributed by atoms with Crippen LogP contribution in [0.3, 0.4) is 0 Å². The zero-order valence-electron chi connectivity index (χ0n) is 9.10. The molecular formula is C10H16N2O2S. The number of hydrogen-bond acceptors (Lipinski definition) is 4. The number of aliphatic carboxylic acids is 1. The lowest BCUT2D eigenvalue weighted by Crippen LogP contribution is -2.37. The monoisotopic (exact) mass is 228 g/mol. The Kier molecular flexibility index (Phi) is 4.23. The van der Waals surface area contributed by atoms with Crippen molar-refractivity contribution in [3.8, 4) is 0 Å². The van der Waals surface area contributed by atoms with Gasteiger partial charge in [-0.25, -0.2) is 4.98 Å². The fourth-order valence-electron chi connectivity index (χ4n) is 1.27. The van der Waals surface area contributed by atoms with E-state index in [-0.39, 0.29) is 12.1 Å². The first-order chi connectivity index (χ1) is 7.02. The van der Waals surface area contributed by atoms with E-state index in [1.807, 2.05) is 19.2 Å². The van der Waals surface area contributed by atoms with Gasteiger partial charge >= 0.3 is 5.97 Å². The van der Waals surface area contributed by atoms with Gasteiger partial charge in [-0.1, -0.05) is 6.92 Å². The quantitative estimate of drug-likeness (QED) is 0.808.